The first-order valence-corrected chi connectivity index (χ1v) is 21.4. The Morgan fingerprint density at radius 1 is 0.446 bits per heavy atom. The van der Waals surface area contributed by atoms with Gasteiger partial charge in [0.1, 0.15) is 17.1 Å². The minimum absolute atomic E-state index is 0.481. The highest BCUT2D eigenvalue weighted by molar-refractivity contribution is 5.86. The molecule has 8 aromatic carbocycles. The second kappa shape index (κ2) is 19.2. The van der Waals surface area contributed by atoms with Gasteiger partial charge in [0.25, 0.3) is 0 Å². The molecule has 2 heterocycles. The number of aliphatic carboxylic acids is 1. The van der Waals surface area contributed by atoms with Crippen LogP contribution < -0.4 is 4.74 Å². The molecule has 2 aromatic heterocycles. The van der Waals surface area contributed by atoms with E-state index in [9.17, 15) is 9.90 Å². The quantitative estimate of drug-likeness (QED) is 0.138. The minimum Gasteiger partial charge on any atom is -0.479 e. The summed E-state index contributed by atoms with van der Waals surface area (Å²) >= 11 is 0. The average molecular weight is 849 g/mol. The number of carboxylic acids is 1. The summed E-state index contributed by atoms with van der Waals surface area (Å²) in [7, 11) is 0. The molecule has 0 aliphatic heterocycles. The largest absolute Gasteiger partial charge is 0.479 e. The number of oxazole rings is 2. The second-order valence-corrected chi connectivity index (χ2v) is 15.4. The van der Waals surface area contributed by atoms with Gasteiger partial charge >= 0.3 is 5.97 Å². The third kappa shape index (κ3) is 9.45. The van der Waals surface area contributed by atoms with E-state index in [1.807, 2.05) is 146 Å². The molecule has 1 unspecified atom stereocenters. The Bertz CT molecular complexity index is 3060. The number of carbonyl (C=O) groups is 1. The molecule has 0 radical (unpaired) electrons. The van der Waals surface area contributed by atoms with Crippen molar-refractivity contribution < 1.29 is 23.5 Å². The van der Waals surface area contributed by atoms with Crippen LogP contribution in [-0.2, 0) is 4.79 Å². The molecule has 10 aromatic rings. The minimum atomic E-state index is -1.02. The maximum absolute atomic E-state index is 11.2. The monoisotopic (exact) mass is 848 g/mol. The normalized spacial score (nSPS) is 11.3. The zero-order valence-corrected chi connectivity index (χ0v) is 35.8. The Labute approximate surface area is 378 Å². The lowest BCUT2D eigenvalue weighted by atomic mass is 9.98. The van der Waals surface area contributed by atoms with E-state index in [2.05, 4.69) is 73.7 Å². The highest BCUT2D eigenvalue weighted by Crippen LogP contribution is 2.41. The van der Waals surface area contributed by atoms with Crippen LogP contribution in [0.3, 0.4) is 0 Å². The van der Waals surface area contributed by atoms with Crippen LogP contribution in [-0.4, -0.2) is 27.1 Å². The van der Waals surface area contributed by atoms with Crippen LogP contribution in [0.5, 0.6) is 5.75 Å². The van der Waals surface area contributed by atoms with Gasteiger partial charge in [-0.25, -0.2) is 14.8 Å². The lowest BCUT2D eigenvalue weighted by molar-refractivity contribution is -0.144. The molecule has 0 spiro atoms. The van der Waals surface area contributed by atoms with Crippen molar-refractivity contribution in [3.63, 3.8) is 0 Å². The molecule has 65 heavy (non-hydrogen) atoms. The number of hydrogen-bond acceptors (Lipinski definition) is 6. The van der Waals surface area contributed by atoms with Crippen molar-refractivity contribution in [2.45, 2.75) is 20.0 Å². The van der Waals surface area contributed by atoms with Gasteiger partial charge in [0.2, 0.25) is 11.8 Å². The standard InChI is InChI=1S/C30H23NO4.C28H21NO/c1-20(30(32)33)34-24-16-10-15-23(19-24)25-17-8-9-18-26(25)29-31-27(21-11-4-2-5-12-21)28(35-29)22-13-6-3-7-14-22;1-20-11-10-16-23(19-20)24-17-8-9-18-25(24)28-29-26(21-12-4-2-5-13-21)27(30-28)22-14-6-3-7-15-22/h2-20H,1H3,(H,32,33);2-19H,1H3. The Morgan fingerprint density at radius 2 is 0.815 bits per heavy atom. The van der Waals surface area contributed by atoms with E-state index in [-0.39, 0.29) is 0 Å². The van der Waals surface area contributed by atoms with Crippen molar-refractivity contribution in [1.82, 2.24) is 9.97 Å². The van der Waals surface area contributed by atoms with Crippen molar-refractivity contribution in [1.29, 1.82) is 0 Å². The second-order valence-electron chi connectivity index (χ2n) is 15.4. The van der Waals surface area contributed by atoms with Crippen molar-refractivity contribution in [2.75, 3.05) is 0 Å². The predicted molar refractivity (Wildman–Crippen MR) is 259 cm³/mol. The van der Waals surface area contributed by atoms with E-state index >= 15 is 0 Å². The van der Waals surface area contributed by atoms with Crippen LogP contribution in [0.1, 0.15) is 12.5 Å². The maximum Gasteiger partial charge on any atom is 0.344 e. The first kappa shape index (κ1) is 41.8. The van der Waals surface area contributed by atoms with Gasteiger partial charge in [-0.3, -0.25) is 0 Å². The van der Waals surface area contributed by atoms with E-state index in [0.717, 1.165) is 72.8 Å². The Kier molecular flexibility index (Phi) is 12.4. The first-order chi connectivity index (χ1) is 31.9. The van der Waals surface area contributed by atoms with Crippen LogP contribution in [0.25, 0.3) is 90.3 Å². The molecule has 0 saturated heterocycles. The van der Waals surface area contributed by atoms with Crippen LogP contribution in [0.2, 0.25) is 0 Å². The summed E-state index contributed by atoms with van der Waals surface area (Å²) in [6, 6.07) is 72.3. The lowest BCUT2D eigenvalue weighted by Gasteiger charge is -2.12. The van der Waals surface area contributed by atoms with Gasteiger partial charge in [0, 0.05) is 33.4 Å². The number of rotatable bonds is 11. The van der Waals surface area contributed by atoms with Gasteiger partial charge in [-0.05, 0) is 60.4 Å². The molecule has 316 valence electrons. The molecule has 7 nitrogen and oxygen atoms in total. The molecule has 10 rings (SSSR count). The van der Waals surface area contributed by atoms with E-state index in [1.165, 1.54) is 12.5 Å². The number of carboxylic acid groups (broad SMARTS) is 1. The molecule has 0 bridgehead atoms. The first-order valence-electron chi connectivity index (χ1n) is 21.4. The van der Waals surface area contributed by atoms with Gasteiger partial charge in [-0.2, -0.15) is 0 Å². The van der Waals surface area contributed by atoms with Crippen molar-refractivity contribution in [2.24, 2.45) is 0 Å². The number of ether oxygens (including phenoxy) is 1. The molecule has 7 heteroatoms. The molecular formula is C58H44N2O5. The van der Waals surface area contributed by atoms with E-state index in [4.69, 9.17) is 23.5 Å². The molecule has 0 saturated carbocycles. The van der Waals surface area contributed by atoms with Crippen LogP contribution in [0.4, 0.5) is 0 Å². The summed E-state index contributed by atoms with van der Waals surface area (Å²) in [5, 5.41) is 9.19. The third-order valence-corrected chi connectivity index (χ3v) is 10.9. The van der Waals surface area contributed by atoms with Crippen molar-refractivity contribution in [3.8, 4) is 96.1 Å². The van der Waals surface area contributed by atoms with Crippen LogP contribution in [0.15, 0.2) is 227 Å². The third-order valence-electron chi connectivity index (χ3n) is 10.9. The van der Waals surface area contributed by atoms with Crippen molar-refractivity contribution in [3.05, 3.63) is 224 Å². The summed E-state index contributed by atoms with van der Waals surface area (Å²) in [6.07, 6.45) is -0.950. The van der Waals surface area contributed by atoms with Gasteiger partial charge in [0.15, 0.2) is 17.6 Å². The Hall–Kier alpha value is -8.55. The molecule has 0 amide bonds. The topological polar surface area (TPSA) is 98.6 Å². The van der Waals surface area contributed by atoms with Gasteiger partial charge in [-0.15, -0.1) is 0 Å². The van der Waals surface area contributed by atoms with E-state index < -0.39 is 12.1 Å². The van der Waals surface area contributed by atoms with E-state index in [0.29, 0.717) is 23.3 Å². The number of nitrogens with zero attached hydrogens (tertiary/aromatic N) is 2. The van der Waals surface area contributed by atoms with Crippen LogP contribution in [0, 0.1) is 6.92 Å². The summed E-state index contributed by atoms with van der Waals surface area (Å²) < 4.78 is 18.4. The fourth-order valence-corrected chi connectivity index (χ4v) is 7.67. The lowest BCUT2D eigenvalue weighted by Crippen LogP contribution is -2.22. The van der Waals surface area contributed by atoms with Gasteiger partial charge in [0.05, 0.1) is 0 Å². The summed E-state index contributed by atoms with van der Waals surface area (Å²) in [6.45, 7) is 3.62. The molecule has 1 N–H and O–H groups in total. The van der Waals surface area contributed by atoms with Gasteiger partial charge in [-0.1, -0.05) is 200 Å². The van der Waals surface area contributed by atoms with Crippen molar-refractivity contribution >= 4 is 5.97 Å². The van der Waals surface area contributed by atoms with Gasteiger partial charge < -0.3 is 18.7 Å². The molecule has 0 aliphatic rings. The maximum atomic E-state index is 11.2. The Balaban J connectivity index is 0.000000166. The predicted octanol–water partition coefficient (Wildman–Crippen LogP) is 14.8. The summed E-state index contributed by atoms with van der Waals surface area (Å²) in [4.78, 5) is 21.1. The highest BCUT2D eigenvalue weighted by Gasteiger charge is 2.22. The molecular weight excluding hydrogens is 805 g/mol. The molecule has 0 fully saturated rings. The smallest absolute Gasteiger partial charge is 0.344 e. The summed E-state index contributed by atoms with van der Waals surface area (Å²) in [5.74, 6) is 2.09. The number of aromatic nitrogens is 2. The number of hydrogen-bond donors (Lipinski definition) is 1. The molecule has 0 aliphatic carbocycles. The zero-order chi connectivity index (χ0) is 44.5. The fourth-order valence-electron chi connectivity index (χ4n) is 7.67. The Morgan fingerprint density at radius 3 is 1.25 bits per heavy atom. The SMILES string of the molecule is CC(Oc1cccc(-c2ccccc2-c2nc(-c3ccccc3)c(-c3ccccc3)o2)c1)C(=O)O.Cc1cccc(-c2ccccc2-c2nc(-c3ccccc3)c(-c3ccccc3)o2)c1. The number of benzene rings is 8. The van der Waals surface area contributed by atoms with E-state index in [1.54, 1.807) is 6.07 Å². The summed E-state index contributed by atoms with van der Waals surface area (Å²) in [5.41, 5.74) is 12.7. The highest BCUT2D eigenvalue weighted by atomic mass is 16.5. The zero-order valence-electron chi connectivity index (χ0n) is 35.8. The number of aryl methyl sites for hydroxylation is 1. The fraction of sp³-hybridized carbons (Fsp3) is 0.0517. The molecule has 1 atom stereocenters. The average Bonchev–Trinajstić information content (AvgIpc) is 4.02. The van der Waals surface area contributed by atoms with Crippen LogP contribution >= 0.6 is 0 Å².